The molecule has 13 heavy (non-hydrogen) atoms. The molecule has 0 unspecified atom stereocenters. The van der Waals surface area contributed by atoms with Crippen molar-refractivity contribution >= 4 is 5.97 Å². The average Bonchev–Trinajstić information content (AvgIpc) is 2.08. The zero-order valence-electron chi connectivity index (χ0n) is 6.99. The van der Waals surface area contributed by atoms with Gasteiger partial charge in [0.15, 0.2) is 11.6 Å². The van der Waals surface area contributed by atoms with Crippen LogP contribution < -0.4 is 9.84 Å². The van der Waals surface area contributed by atoms with Gasteiger partial charge in [-0.2, -0.15) is 0 Å². The first-order valence-electron chi connectivity index (χ1n) is 3.73. The van der Waals surface area contributed by atoms with Crippen molar-refractivity contribution in [2.75, 3.05) is 0 Å². The number of ether oxygens (including phenoxy) is 1. The maximum Gasteiger partial charge on any atom is 0.165 e. The minimum Gasteiger partial charge on any atom is -0.546 e. The fourth-order valence-electron chi connectivity index (χ4n) is 0.779. The van der Waals surface area contributed by atoms with Gasteiger partial charge in [0, 0.05) is 0 Å². The summed E-state index contributed by atoms with van der Waals surface area (Å²) in [6, 6.07) is 5.60. The number of aliphatic carboxylic acids is 1. The first-order valence-corrected chi connectivity index (χ1v) is 3.73. The van der Waals surface area contributed by atoms with Gasteiger partial charge >= 0.3 is 0 Å². The van der Waals surface area contributed by atoms with Gasteiger partial charge in [-0.3, -0.25) is 0 Å². The molecular weight excluding hydrogens is 175 g/mol. The Hall–Kier alpha value is -1.58. The quantitative estimate of drug-likeness (QED) is 0.679. The summed E-state index contributed by atoms with van der Waals surface area (Å²) in [4.78, 5) is 10.3. The number of halogens is 1. The third-order valence-corrected chi connectivity index (χ3v) is 1.47. The Morgan fingerprint density at radius 1 is 1.54 bits per heavy atom. The van der Waals surface area contributed by atoms with E-state index in [0.29, 0.717) is 0 Å². The van der Waals surface area contributed by atoms with E-state index in [2.05, 4.69) is 0 Å². The highest BCUT2D eigenvalue weighted by Gasteiger charge is 2.07. The van der Waals surface area contributed by atoms with Gasteiger partial charge in [0.1, 0.15) is 6.10 Å². The van der Waals surface area contributed by atoms with E-state index in [0.717, 1.165) is 0 Å². The Kier molecular flexibility index (Phi) is 2.84. The third-order valence-electron chi connectivity index (χ3n) is 1.47. The largest absolute Gasteiger partial charge is 0.546 e. The Labute approximate surface area is 74.8 Å². The topological polar surface area (TPSA) is 49.4 Å². The molecule has 0 saturated carbocycles. The predicted octanol–water partition coefficient (Wildman–Crippen LogP) is 0.343. The molecule has 0 fully saturated rings. The van der Waals surface area contributed by atoms with Crippen LogP contribution in [0.2, 0.25) is 0 Å². The van der Waals surface area contributed by atoms with Gasteiger partial charge in [-0.25, -0.2) is 4.39 Å². The van der Waals surface area contributed by atoms with Gasteiger partial charge in [-0.05, 0) is 19.1 Å². The summed E-state index contributed by atoms with van der Waals surface area (Å²) < 4.78 is 17.6. The van der Waals surface area contributed by atoms with Crippen molar-refractivity contribution in [1.82, 2.24) is 0 Å². The van der Waals surface area contributed by atoms with Crippen LogP contribution in [-0.2, 0) is 4.79 Å². The number of para-hydroxylation sites is 1. The molecule has 4 heteroatoms. The van der Waals surface area contributed by atoms with Crippen molar-refractivity contribution in [3.05, 3.63) is 30.1 Å². The second-order valence-corrected chi connectivity index (χ2v) is 2.51. The smallest absolute Gasteiger partial charge is 0.165 e. The zero-order chi connectivity index (χ0) is 9.84. The van der Waals surface area contributed by atoms with Crippen molar-refractivity contribution < 1.29 is 19.0 Å². The van der Waals surface area contributed by atoms with Crippen LogP contribution >= 0.6 is 0 Å². The maximum absolute atomic E-state index is 12.9. The molecule has 0 N–H and O–H groups in total. The molecule has 0 saturated heterocycles. The van der Waals surface area contributed by atoms with Gasteiger partial charge in [-0.1, -0.05) is 12.1 Å². The van der Waals surface area contributed by atoms with Crippen LogP contribution in [0, 0.1) is 5.82 Å². The fourth-order valence-corrected chi connectivity index (χ4v) is 0.779. The zero-order valence-corrected chi connectivity index (χ0v) is 6.99. The van der Waals surface area contributed by atoms with Gasteiger partial charge < -0.3 is 14.6 Å². The van der Waals surface area contributed by atoms with Crippen LogP contribution in [0.25, 0.3) is 0 Å². The van der Waals surface area contributed by atoms with Crippen LogP contribution in [-0.4, -0.2) is 12.1 Å². The number of benzene rings is 1. The molecule has 0 aromatic heterocycles. The summed E-state index contributed by atoms with van der Waals surface area (Å²) in [7, 11) is 0. The van der Waals surface area contributed by atoms with Gasteiger partial charge in [0.25, 0.3) is 0 Å². The first kappa shape index (κ1) is 9.51. The van der Waals surface area contributed by atoms with Crippen molar-refractivity contribution in [1.29, 1.82) is 0 Å². The number of hydrogen-bond donors (Lipinski definition) is 0. The predicted molar refractivity (Wildman–Crippen MR) is 41.5 cm³/mol. The lowest BCUT2D eigenvalue weighted by Gasteiger charge is -2.15. The number of carboxylic acid groups (broad SMARTS) is 1. The lowest BCUT2D eigenvalue weighted by Crippen LogP contribution is -2.37. The molecule has 1 rings (SSSR count). The molecule has 0 aliphatic heterocycles. The summed E-state index contributed by atoms with van der Waals surface area (Å²) in [5.41, 5.74) is 0. The highest BCUT2D eigenvalue weighted by atomic mass is 19.1. The molecule has 0 aliphatic carbocycles. The summed E-state index contributed by atoms with van der Waals surface area (Å²) in [5.74, 6) is -2.04. The second kappa shape index (κ2) is 3.89. The number of hydrogen-bond acceptors (Lipinski definition) is 3. The van der Waals surface area contributed by atoms with Gasteiger partial charge in [0.05, 0.1) is 5.97 Å². The van der Waals surface area contributed by atoms with E-state index in [9.17, 15) is 14.3 Å². The Morgan fingerprint density at radius 3 is 2.69 bits per heavy atom. The Bertz CT molecular complexity index is 311. The highest BCUT2D eigenvalue weighted by molar-refractivity contribution is 5.69. The normalized spacial score (nSPS) is 12.2. The van der Waals surface area contributed by atoms with E-state index >= 15 is 0 Å². The number of carboxylic acids is 1. The Balaban J connectivity index is 2.74. The summed E-state index contributed by atoms with van der Waals surface area (Å²) in [6.45, 7) is 1.28. The molecule has 0 bridgehead atoms. The molecule has 0 amide bonds. The van der Waals surface area contributed by atoms with Gasteiger partial charge in [0.2, 0.25) is 0 Å². The highest BCUT2D eigenvalue weighted by Crippen LogP contribution is 2.16. The molecule has 1 aromatic carbocycles. The number of carbonyl (C=O) groups is 1. The molecule has 70 valence electrons. The van der Waals surface area contributed by atoms with Crippen molar-refractivity contribution in [2.45, 2.75) is 13.0 Å². The van der Waals surface area contributed by atoms with E-state index in [4.69, 9.17) is 4.74 Å². The van der Waals surface area contributed by atoms with E-state index in [1.807, 2.05) is 0 Å². The Morgan fingerprint density at radius 2 is 2.15 bits per heavy atom. The fraction of sp³-hybridized carbons (Fsp3) is 0.222. The SMILES string of the molecule is C[C@H](Oc1ccccc1F)C(=O)[O-]. The third kappa shape index (κ3) is 2.43. The average molecular weight is 183 g/mol. The van der Waals surface area contributed by atoms with E-state index in [-0.39, 0.29) is 5.75 Å². The molecule has 0 radical (unpaired) electrons. The molecular formula is C9H8FO3-. The lowest BCUT2D eigenvalue weighted by molar-refractivity contribution is -0.312. The number of carbonyl (C=O) groups excluding carboxylic acids is 1. The molecule has 0 aliphatic rings. The van der Waals surface area contributed by atoms with Crippen LogP contribution in [0.5, 0.6) is 5.75 Å². The minimum atomic E-state index is -1.37. The molecule has 0 spiro atoms. The standard InChI is InChI=1S/C9H9FO3/c1-6(9(11)12)13-8-5-3-2-4-7(8)10/h2-6H,1H3,(H,11,12)/p-1/t6-/m0/s1. The summed E-state index contributed by atoms with van der Waals surface area (Å²) in [5, 5.41) is 10.3. The van der Waals surface area contributed by atoms with E-state index < -0.39 is 17.9 Å². The first-order chi connectivity index (χ1) is 6.11. The lowest BCUT2D eigenvalue weighted by atomic mass is 10.3. The number of rotatable bonds is 3. The van der Waals surface area contributed by atoms with E-state index in [1.54, 1.807) is 6.07 Å². The van der Waals surface area contributed by atoms with Gasteiger partial charge in [-0.15, -0.1) is 0 Å². The van der Waals surface area contributed by atoms with Crippen LogP contribution in [0.15, 0.2) is 24.3 Å². The van der Waals surface area contributed by atoms with Crippen molar-refractivity contribution in [3.8, 4) is 5.75 Å². The minimum absolute atomic E-state index is 0.0841. The second-order valence-electron chi connectivity index (χ2n) is 2.51. The maximum atomic E-state index is 12.9. The molecule has 1 atom stereocenters. The molecule has 3 nitrogen and oxygen atoms in total. The molecule has 0 heterocycles. The van der Waals surface area contributed by atoms with Crippen LogP contribution in [0.3, 0.4) is 0 Å². The van der Waals surface area contributed by atoms with E-state index in [1.165, 1.54) is 25.1 Å². The molecule has 1 aromatic rings. The summed E-state index contributed by atoms with van der Waals surface area (Å²) >= 11 is 0. The van der Waals surface area contributed by atoms with Crippen molar-refractivity contribution in [2.24, 2.45) is 0 Å². The van der Waals surface area contributed by atoms with Crippen LogP contribution in [0.4, 0.5) is 4.39 Å². The van der Waals surface area contributed by atoms with Crippen molar-refractivity contribution in [3.63, 3.8) is 0 Å². The monoisotopic (exact) mass is 183 g/mol. The van der Waals surface area contributed by atoms with Crippen LogP contribution in [0.1, 0.15) is 6.92 Å². The summed E-state index contributed by atoms with van der Waals surface area (Å²) in [6.07, 6.45) is -1.16.